The number of rotatable bonds is 0. The van der Waals surface area contributed by atoms with Crippen molar-refractivity contribution < 1.29 is 0 Å². The Labute approximate surface area is 87.5 Å². The Balaban J connectivity index is 2.45. The molecule has 3 heteroatoms. The fraction of sp³-hybridized carbons (Fsp3) is 0.273. The van der Waals surface area contributed by atoms with E-state index in [1.165, 1.54) is 22.2 Å². The van der Waals surface area contributed by atoms with Gasteiger partial charge >= 0.3 is 0 Å². The maximum Gasteiger partial charge on any atom is 0.0484 e. The van der Waals surface area contributed by atoms with Crippen molar-refractivity contribution in [1.82, 2.24) is 9.88 Å². The monoisotopic (exact) mass is 206 g/mol. The summed E-state index contributed by atoms with van der Waals surface area (Å²) in [4.78, 5) is 0. The third kappa shape index (κ3) is 0.954. The Morgan fingerprint density at radius 1 is 1.36 bits per heavy atom. The van der Waals surface area contributed by atoms with Gasteiger partial charge in [0.05, 0.1) is 0 Å². The number of benzene rings is 1. The van der Waals surface area contributed by atoms with Crippen LogP contribution in [0.4, 0.5) is 0 Å². The first-order valence-electron chi connectivity index (χ1n) is 4.74. The van der Waals surface area contributed by atoms with Crippen molar-refractivity contribution in [1.29, 1.82) is 0 Å². The van der Waals surface area contributed by atoms with Gasteiger partial charge in [-0.2, -0.15) is 0 Å². The number of fused-ring (bicyclic) bond motifs is 3. The summed E-state index contributed by atoms with van der Waals surface area (Å²) >= 11 is 6.00. The van der Waals surface area contributed by atoms with Crippen molar-refractivity contribution in [2.24, 2.45) is 7.05 Å². The van der Waals surface area contributed by atoms with Gasteiger partial charge in [-0.1, -0.05) is 11.6 Å². The Hall–Kier alpha value is -0.990. The fourth-order valence-corrected chi connectivity index (χ4v) is 2.45. The van der Waals surface area contributed by atoms with Crippen molar-refractivity contribution in [3.8, 4) is 0 Å². The summed E-state index contributed by atoms with van der Waals surface area (Å²) in [6, 6.07) is 6.10. The van der Waals surface area contributed by atoms with Gasteiger partial charge in [0.25, 0.3) is 0 Å². The molecule has 0 saturated carbocycles. The lowest BCUT2D eigenvalue weighted by Crippen LogP contribution is -2.04. The van der Waals surface area contributed by atoms with Crippen LogP contribution < -0.4 is 5.32 Å². The Kier molecular flexibility index (Phi) is 1.64. The summed E-state index contributed by atoms with van der Waals surface area (Å²) < 4.78 is 2.25. The molecular weight excluding hydrogens is 196 g/mol. The first-order valence-corrected chi connectivity index (χ1v) is 5.11. The molecule has 0 aliphatic carbocycles. The summed E-state index contributed by atoms with van der Waals surface area (Å²) in [6.45, 7) is 1.94. The van der Waals surface area contributed by atoms with Crippen molar-refractivity contribution in [2.75, 3.05) is 0 Å². The lowest BCUT2D eigenvalue weighted by Gasteiger charge is -2.00. The van der Waals surface area contributed by atoms with Crippen LogP contribution in [-0.2, 0) is 20.1 Å². The highest BCUT2D eigenvalue weighted by Gasteiger charge is 2.18. The smallest absolute Gasteiger partial charge is 0.0484 e. The topological polar surface area (TPSA) is 17.0 Å². The molecule has 0 radical (unpaired) electrons. The van der Waals surface area contributed by atoms with Crippen LogP contribution in [0.25, 0.3) is 10.9 Å². The van der Waals surface area contributed by atoms with Gasteiger partial charge in [0, 0.05) is 41.8 Å². The van der Waals surface area contributed by atoms with E-state index in [9.17, 15) is 0 Å². The summed E-state index contributed by atoms with van der Waals surface area (Å²) in [5, 5.41) is 5.47. The molecule has 0 bridgehead atoms. The predicted octanol–water partition coefficient (Wildman–Crippen LogP) is 2.43. The molecule has 0 atom stereocenters. The predicted molar refractivity (Wildman–Crippen MR) is 58.5 cm³/mol. The summed E-state index contributed by atoms with van der Waals surface area (Å²) in [5.74, 6) is 0. The zero-order chi connectivity index (χ0) is 9.71. The lowest BCUT2D eigenvalue weighted by atomic mass is 10.1. The molecular formula is C11H11ClN2. The molecule has 72 valence electrons. The molecule has 2 aromatic rings. The number of aromatic nitrogens is 1. The third-order valence-corrected chi connectivity index (χ3v) is 3.23. The quantitative estimate of drug-likeness (QED) is 0.701. The van der Waals surface area contributed by atoms with E-state index < -0.39 is 0 Å². The Morgan fingerprint density at radius 2 is 2.21 bits per heavy atom. The van der Waals surface area contributed by atoms with Crippen LogP contribution in [0.5, 0.6) is 0 Å². The van der Waals surface area contributed by atoms with Gasteiger partial charge in [0.2, 0.25) is 0 Å². The average Bonchev–Trinajstić information content (AvgIpc) is 2.71. The molecule has 1 aliphatic heterocycles. The van der Waals surface area contributed by atoms with Gasteiger partial charge in [-0.3, -0.25) is 0 Å². The number of aryl methyl sites for hydroxylation is 1. The first kappa shape index (κ1) is 8.33. The van der Waals surface area contributed by atoms with E-state index in [1.54, 1.807) is 0 Å². The number of halogens is 1. The van der Waals surface area contributed by atoms with E-state index in [1.807, 2.05) is 6.07 Å². The molecule has 1 aliphatic rings. The second kappa shape index (κ2) is 2.75. The highest BCUT2D eigenvalue weighted by Crippen LogP contribution is 2.30. The zero-order valence-electron chi connectivity index (χ0n) is 7.97. The van der Waals surface area contributed by atoms with Gasteiger partial charge in [-0.15, -0.1) is 0 Å². The van der Waals surface area contributed by atoms with Gasteiger partial charge in [0.15, 0.2) is 0 Å². The van der Waals surface area contributed by atoms with E-state index >= 15 is 0 Å². The first-order chi connectivity index (χ1) is 6.77. The van der Waals surface area contributed by atoms with E-state index in [0.717, 1.165) is 18.1 Å². The lowest BCUT2D eigenvalue weighted by molar-refractivity contribution is 0.733. The van der Waals surface area contributed by atoms with Crippen LogP contribution >= 0.6 is 11.6 Å². The largest absolute Gasteiger partial charge is 0.346 e. The zero-order valence-corrected chi connectivity index (χ0v) is 8.73. The molecule has 1 aromatic carbocycles. The van der Waals surface area contributed by atoms with E-state index in [2.05, 4.69) is 29.1 Å². The number of hydrogen-bond donors (Lipinski definition) is 1. The van der Waals surface area contributed by atoms with Crippen LogP contribution in [0, 0.1) is 0 Å². The second-order valence-corrected chi connectivity index (χ2v) is 4.19. The maximum atomic E-state index is 6.00. The van der Waals surface area contributed by atoms with Gasteiger partial charge in [0.1, 0.15) is 0 Å². The molecule has 2 heterocycles. The minimum absolute atomic E-state index is 0.817. The molecule has 0 amide bonds. The summed E-state index contributed by atoms with van der Waals surface area (Å²) in [7, 11) is 2.11. The van der Waals surface area contributed by atoms with Gasteiger partial charge in [-0.05, 0) is 23.8 Å². The maximum absolute atomic E-state index is 6.00. The molecule has 14 heavy (non-hydrogen) atoms. The number of hydrogen-bond acceptors (Lipinski definition) is 1. The summed E-state index contributed by atoms with van der Waals surface area (Å²) in [5.41, 5.74) is 4.08. The third-order valence-electron chi connectivity index (χ3n) is 2.99. The van der Waals surface area contributed by atoms with Crippen molar-refractivity contribution in [2.45, 2.75) is 13.1 Å². The van der Waals surface area contributed by atoms with E-state index in [0.29, 0.717) is 0 Å². The standard InChI is InChI=1S/C11H11ClN2/c1-14-10-3-2-7(12)4-8(10)9-5-13-6-11(9)14/h2-4,13H,5-6H2,1H3. The molecule has 0 unspecified atom stereocenters. The highest BCUT2D eigenvalue weighted by atomic mass is 35.5. The van der Waals surface area contributed by atoms with Crippen molar-refractivity contribution in [3.63, 3.8) is 0 Å². The van der Waals surface area contributed by atoms with Crippen LogP contribution in [0.2, 0.25) is 5.02 Å². The minimum Gasteiger partial charge on any atom is -0.346 e. The normalized spacial score (nSPS) is 15.0. The second-order valence-electron chi connectivity index (χ2n) is 3.75. The fourth-order valence-electron chi connectivity index (χ4n) is 2.27. The van der Waals surface area contributed by atoms with E-state index in [4.69, 9.17) is 11.6 Å². The molecule has 1 aromatic heterocycles. The number of nitrogens with zero attached hydrogens (tertiary/aromatic N) is 1. The summed E-state index contributed by atoms with van der Waals surface area (Å²) in [6.07, 6.45) is 0. The molecule has 0 spiro atoms. The molecule has 3 rings (SSSR count). The highest BCUT2D eigenvalue weighted by molar-refractivity contribution is 6.31. The minimum atomic E-state index is 0.817. The van der Waals surface area contributed by atoms with Gasteiger partial charge in [-0.25, -0.2) is 0 Å². The number of nitrogens with one attached hydrogen (secondary N) is 1. The average molecular weight is 207 g/mol. The van der Waals surface area contributed by atoms with E-state index in [-0.39, 0.29) is 0 Å². The van der Waals surface area contributed by atoms with Crippen molar-refractivity contribution >= 4 is 22.5 Å². The Bertz CT molecular complexity index is 513. The molecule has 2 nitrogen and oxygen atoms in total. The SMILES string of the molecule is Cn1c2c(c3cc(Cl)ccc31)CNC2. The van der Waals surface area contributed by atoms with Crippen molar-refractivity contribution in [3.05, 3.63) is 34.5 Å². The van der Waals surface area contributed by atoms with Gasteiger partial charge < -0.3 is 9.88 Å². The molecule has 0 saturated heterocycles. The Morgan fingerprint density at radius 3 is 3.07 bits per heavy atom. The van der Waals surface area contributed by atoms with Crippen LogP contribution in [-0.4, -0.2) is 4.57 Å². The van der Waals surface area contributed by atoms with Crippen LogP contribution in [0.3, 0.4) is 0 Å². The molecule has 1 N–H and O–H groups in total. The molecule has 0 fully saturated rings. The van der Waals surface area contributed by atoms with Crippen LogP contribution in [0.15, 0.2) is 18.2 Å². The van der Waals surface area contributed by atoms with Crippen LogP contribution in [0.1, 0.15) is 11.3 Å².